The van der Waals surface area contributed by atoms with Gasteiger partial charge in [0.05, 0.1) is 11.2 Å². The molecule has 0 bridgehead atoms. The molecule has 25 heavy (non-hydrogen) atoms. The van der Waals surface area contributed by atoms with Crippen LogP contribution in [-0.2, 0) is 14.8 Å². The van der Waals surface area contributed by atoms with Crippen molar-refractivity contribution in [3.63, 3.8) is 0 Å². The summed E-state index contributed by atoms with van der Waals surface area (Å²) in [6, 6.07) is 1.21. The van der Waals surface area contributed by atoms with Crippen LogP contribution in [0, 0.1) is 11.6 Å². The number of halogens is 2. The third-order valence-electron chi connectivity index (χ3n) is 3.95. The smallest absolute Gasteiger partial charge is 0.244 e. The first-order valence-electron chi connectivity index (χ1n) is 7.97. The first-order valence-corrected chi connectivity index (χ1v) is 9.46. The van der Waals surface area contributed by atoms with Crippen molar-refractivity contribution in [2.75, 3.05) is 5.32 Å². The van der Waals surface area contributed by atoms with E-state index in [1.54, 1.807) is 20.8 Å². The SMILES string of the molecule is CC(C)(C)NS(=O)(=O)c1cc(NC(=O)C2(N)CCCC2)c(F)cc1F. The second-order valence-electron chi connectivity index (χ2n) is 7.44. The van der Waals surface area contributed by atoms with Gasteiger partial charge in [-0.05, 0) is 39.7 Å². The highest BCUT2D eigenvalue weighted by Gasteiger charge is 2.37. The third-order valence-corrected chi connectivity index (χ3v) is 5.72. The molecule has 0 aliphatic heterocycles. The molecule has 6 nitrogen and oxygen atoms in total. The molecule has 0 unspecified atom stereocenters. The first-order chi connectivity index (χ1) is 11.3. The number of sulfonamides is 1. The molecule has 2 rings (SSSR count). The summed E-state index contributed by atoms with van der Waals surface area (Å²) in [7, 11) is -4.23. The Bertz CT molecular complexity index is 783. The number of nitrogens with two attached hydrogens (primary N) is 1. The predicted octanol–water partition coefficient (Wildman–Crippen LogP) is 2.25. The van der Waals surface area contributed by atoms with Crippen LogP contribution in [0.1, 0.15) is 46.5 Å². The number of carbonyl (C=O) groups excluding carboxylic acids is 1. The largest absolute Gasteiger partial charge is 0.322 e. The molecule has 1 saturated carbocycles. The number of amides is 1. The lowest BCUT2D eigenvalue weighted by Crippen LogP contribution is -2.48. The lowest BCUT2D eigenvalue weighted by Gasteiger charge is -2.23. The summed E-state index contributed by atoms with van der Waals surface area (Å²) < 4.78 is 55.0. The van der Waals surface area contributed by atoms with Gasteiger partial charge < -0.3 is 11.1 Å². The summed E-state index contributed by atoms with van der Waals surface area (Å²) in [5.74, 6) is -2.92. The predicted molar refractivity (Wildman–Crippen MR) is 90.4 cm³/mol. The number of hydrogen-bond donors (Lipinski definition) is 3. The van der Waals surface area contributed by atoms with Gasteiger partial charge in [-0.25, -0.2) is 21.9 Å². The fourth-order valence-electron chi connectivity index (χ4n) is 2.77. The van der Waals surface area contributed by atoms with Gasteiger partial charge in [0.1, 0.15) is 16.5 Å². The fraction of sp³-hybridized carbons (Fsp3) is 0.562. The molecular weight excluding hydrogens is 352 g/mol. The molecule has 0 radical (unpaired) electrons. The van der Waals surface area contributed by atoms with Crippen LogP contribution in [0.3, 0.4) is 0 Å². The molecule has 1 aromatic rings. The van der Waals surface area contributed by atoms with E-state index in [-0.39, 0.29) is 0 Å². The van der Waals surface area contributed by atoms with Gasteiger partial charge in [0.25, 0.3) is 0 Å². The molecule has 0 aromatic heterocycles. The van der Waals surface area contributed by atoms with Gasteiger partial charge in [-0.15, -0.1) is 0 Å². The summed E-state index contributed by atoms with van der Waals surface area (Å²) >= 11 is 0. The monoisotopic (exact) mass is 375 g/mol. The van der Waals surface area contributed by atoms with Crippen LogP contribution in [0.2, 0.25) is 0 Å². The summed E-state index contributed by atoms with van der Waals surface area (Å²) in [4.78, 5) is 11.6. The van der Waals surface area contributed by atoms with E-state index in [4.69, 9.17) is 5.73 Å². The van der Waals surface area contributed by atoms with Crippen molar-refractivity contribution in [3.05, 3.63) is 23.8 Å². The molecule has 1 amide bonds. The number of carbonyl (C=O) groups is 1. The van der Waals surface area contributed by atoms with Crippen molar-refractivity contribution < 1.29 is 22.0 Å². The average molecular weight is 375 g/mol. The zero-order chi connectivity index (χ0) is 19.0. The highest BCUT2D eigenvalue weighted by atomic mass is 32.2. The van der Waals surface area contributed by atoms with Crippen molar-refractivity contribution in [2.24, 2.45) is 5.73 Å². The molecule has 1 aliphatic rings. The maximum Gasteiger partial charge on any atom is 0.244 e. The van der Waals surface area contributed by atoms with E-state index in [0.29, 0.717) is 18.9 Å². The average Bonchev–Trinajstić information content (AvgIpc) is 2.87. The van der Waals surface area contributed by atoms with E-state index in [9.17, 15) is 22.0 Å². The summed E-state index contributed by atoms with van der Waals surface area (Å²) in [5, 5.41) is 2.30. The van der Waals surface area contributed by atoms with E-state index < -0.39 is 49.2 Å². The lowest BCUT2D eigenvalue weighted by atomic mass is 9.98. The molecule has 1 aliphatic carbocycles. The van der Waals surface area contributed by atoms with E-state index in [0.717, 1.165) is 18.9 Å². The van der Waals surface area contributed by atoms with Gasteiger partial charge in [-0.2, -0.15) is 0 Å². The summed E-state index contributed by atoms with van der Waals surface area (Å²) in [6.07, 6.45) is 2.48. The zero-order valence-electron chi connectivity index (χ0n) is 14.4. The van der Waals surface area contributed by atoms with E-state index in [1.165, 1.54) is 0 Å². The van der Waals surface area contributed by atoms with Crippen LogP contribution in [0.5, 0.6) is 0 Å². The van der Waals surface area contributed by atoms with E-state index >= 15 is 0 Å². The Kier molecular flexibility index (Phi) is 5.23. The van der Waals surface area contributed by atoms with Gasteiger partial charge >= 0.3 is 0 Å². The van der Waals surface area contributed by atoms with Crippen LogP contribution in [0.15, 0.2) is 17.0 Å². The second kappa shape index (κ2) is 6.62. The Labute approximate surface area is 146 Å². The van der Waals surface area contributed by atoms with Crippen molar-refractivity contribution in [3.8, 4) is 0 Å². The van der Waals surface area contributed by atoms with Crippen LogP contribution < -0.4 is 15.8 Å². The Morgan fingerprint density at radius 1 is 1.16 bits per heavy atom. The van der Waals surface area contributed by atoms with Crippen molar-refractivity contribution >= 4 is 21.6 Å². The number of hydrogen-bond acceptors (Lipinski definition) is 4. The minimum absolute atomic E-state index is 0.419. The molecule has 1 fully saturated rings. The molecule has 0 heterocycles. The Balaban J connectivity index is 2.36. The van der Waals surface area contributed by atoms with Gasteiger partial charge in [0.15, 0.2) is 0 Å². The van der Waals surface area contributed by atoms with Crippen LogP contribution in [-0.4, -0.2) is 25.4 Å². The molecule has 140 valence electrons. The molecule has 9 heteroatoms. The number of benzene rings is 1. The number of nitrogens with one attached hydrogen (secondary N) is 2. The quantitative estimate of drug-likeness (QED) is 0.751. The standard InChI is InChI=1S/C16H23F2N3O3S/c1-15(2,3)21-25(23,24)13-9-12(10(17)8-11(13)18)20-14(22)16(19)6-4-5-7-16/h8-9,21H,4-7,19H2,1-3H3,(H,20,22). The van der Waals surface area contributed by atoms with Gasteiger partial charge in [0, 0.05) is 11.6 Å². The minimum Gasteiger partial charge on any atom is -0.322 e. The summed E-state index contributed by atoms with van der Waals surface area (Å²) in [5.41, 5.74) is 3.60. The van der Waals surface area contributed by atoms with Crippen LogP contribution in [0.25, 0.3) is 0 Å². The third kappa shape index (κ3) is 4.53. The van der Waals surface area contributed by atoms with E-state index in [1.807, 2.05) is 0 Å². The van der Waals surface area contributed by atoms with Gasteiger partial charge in [-0.3, -0.25) is 4.79 Å². The highest BCUT2D eigenvalue weighted by molar-refractivity contribution is 7.89. The van der Waals surface area contributed by atoms with Crippen LogP contribution >= 0.6 is 0 Å². The lowest BCUT2D eigenvalue weighted by molar-refractivity contribution is -0.121. The fourth-order valence-corrected chi connectivity index (χ4v) is 4.27. The Morgan fingerprint density at radius 3 is 2.24 bits per heavy atom. The topological polar surface area (TPSA) is 101 Å². The molecule has 0 saturated heterocycles. The molecule has 1 aromatic carbocycles. The number of anilines is 1. The van der Waals surface area contributed by atoms with Gasteiger partial charge in [0.2, 0.25) is 15.9 Å². The maximum absolute atomic E-state index is 14.0. The zero-order valence-corrected chi connectivity index (χ0v) is 15.3. The van der Waals surface area contributed by atoms with Crippen molar-refractivity contribution in [1.29, 1.82) is 0 Å². The maximum atomic E-state index is 14.0. The Hall–Kier alpha value is -1.58. The highest BCUT2D eigenvalue weighted by Crippen LogP contribution is 2.30. The Morgan fingerprint density at radius 2 is 1.72 bits per heavy atom. The van der Waals surface area contributed by atoms with Gasteiger partial charge in [-0.1, -0.05) is 12.8 Å². The van der Waals surface area contributed by atoms with Crippen LogP contribution in [0.4, 0.5) is 14.5 Å². The molecule has 0 spiro atoms. The van der Waals surface area contributed by atoms with Crippen molar-refractivity contribution in [2.45, 2.75) is 62.4 Å². The minimum atomic E-state index is -4.23. The molecule has 0 atom stereocenters. The van der Waals surface area contributed by atoms with Crippen molar-refractivity contribution in [1.82, 2.24) is 4.72 Å². The summed E-state index contributed by atoms with van der Waals surface area (Å²) in [6.45, 7) is 4.77. The normalized spacial score (nSPS) is 17.5. The first kappa shape index (κ1) is 19.7. The second-order valence-corrected chi connectivity index (χ2v) is 9.09. The molecule has 4 N–H and O–H groups in total. The molecular formula is C16H23F2N3O3S. The number of rotatable bonds is 4. The van der Waals surface area contributed by atoms with E-state index in [2.05, 4.69) is 10.0 Å².